The van der Waals surface area contributed by atoms with E-state index in [1.165, 1.54) is 36.1 Å². The zero-order valence-corrected chi connectivity index (χ0v) is 10.5. The summed E-state index contributed by atoms with van der Waals surface area (Å²) >= 11 is 0. The summed E-state index contributed by atoms with van der Waals surface area (Å²) < 4.78 is 19.4. The maximum absolute atomic E-state index is 13.3. The minimum Gasteiger partial charge on any atom is -0.480 e. The normalized spacial score (nSPS) is 10.5. The van der Waals surface area contributed by atoms with Crippen molar-refractivity contribution in [3.05, 3.63) is 57.6 Å². The molecule has 0 aliphatic carbocycles. The van der Waals surface area contributed by atoms with Crippen LogP contribution < -0.4 is 16.0 Å². The molecule has 0 aliphatic heterocycles. The highest BCUT2D eigenvalue weighted by atomic mass is 19.1. The molecule has 0 aliphatic rings. The van der Waals surface area contributed by atoms with E-state index in [1.54, 1.807) is 6.07 Å². The molecule has 0 saturated carbocycles. The van der Waals surface area contributed by atoms with Crippen LogP contribution in [0.2, 0.25) is 0 Å². The van der Waals surface area contributed by atoms with Gasteiger partial charge in [0.2, 0.25) is 5.88 Å². The van der Waals surface area contributed by atoms with Crippen LogP contribution in [0.1, 0.15) is 11.1 Å². The number of hydrogen-bond donors (Lipinski definition) is 1. The highest BCUT2D eigenvalue weighted by Gasteiger charge is 2.07. The van der Waals surface area contributed by atoms with Gasteiger partial charge in [-0.25, -0.2) is 9.07 Å². The Kier molecular flexibility index (Phi) is 3.91. The van der Waals surface area contributed by atoms with Crippen LogP contribution in [-0.4, -0.2) is 16.9 Å². The van der Waals surface area contributed by atoms with Gasteiger partial charge in [0.05, 0.1) is 13.7 Å². The second-order valence-electron chi connectivity index (χ2n) is 3.99. The number of rotatable bonds is 4. The smallest absolute Gasteiger partial charge is 0.267 e. The highest BCUT2D eigenvalue weighted by Crippen LogP contribution is 2.12. The fourth-order valence-corrected chi connectivity index (χ4v) is 1.75. The van der Waals surface area contributed by atoms with Crippen LogP contribution in [-0.2, 0) is 13.1 Å². The highest BCUT2D eigenvalue weighted by molar-refractivity contribution is 5.28. The van der Waals surface area contributed by atoms with Crippen LogP contribution in [0.4, 0.5) is 4.39 Å². The second kappa shape index (κ2) is 5.62. The van der Waals surface area contributed by atoms with Gasteiger partial charge in [-0.1, -0.05) is 6.07 Å². The van der Waals surface area contributed by atoms with Gasteiger partial charge in [-0.2, -0.15) is 0 Å². The Morgan fingerprint density at radius 3 is 2.79 bits per heavy atom. The first-order chi connectivity index (χ1) is 9.13. The first-order valence-corrected chi connectivity index (χ1v) is 5.73. The largest absolute Gasteiger partial charge is 0.480 e. The predicted molar refractivity (Wildman–Crippen MR) is 68.4 cm³/mol. The second-order valence-corrected chi connectivity index (χ2v) is 3.99. The Labute approximate surface area is 109 Å². The molecule has 0 unspecified atom stereocenters. The minimum atomic E-state index is -0.372. The Morgan fingerprint density at radius 1 is 1.32 bits per heavy atom. The summed E-state index contributed by atoms with van der Waals surface area (Å²) in [4.78, 5) is 11.7. The molecule has 100 valence electrons. The van der Waals surface area contributed by atoms with Crippen molar-refractivity contribution in [2.75, 3.05) is 7.11 Å². The standard InChI is InChI=1S/C13H14FN3O2/c1-19-12-4-5-13(18)17(16-12)8-10-6-11(14)3-2-9(10)7-15/h2-6H,7-8,15H2,1H3. The van der Waals surface area contributed by atoms with E-state index in [2.05, 4.69) is 5.10 Å². The van der Waals surface area contributed by atoms with Gasteiger partial charge in [-0.15, -0.1) is 5.10 Å². The molecule has 19 heavy (non-hydrogen) atoms. The monoisotopic (exact) mass is 263 g/mol. The fraction of sp³-hybridized carbons (Fsp3) is 0.231. The van der Waals surface area contributed by atoms with Gasteiger partial charge >= 0.3 is 0 Å². The van der Waals surface area contributed by atoms with Gasteiger partial charge < -0.3 is 10.5 Å². The Hall–Kier alpha value is -2.21. The molecule has 0 atom stereocenters. The van der Waals surface area contributed by atoms with Crippen LogP contribution >= 0.6 is 0 Å². The number of methoxy groups -OCH3 is 1. The number of nitrogens with two attached hydrogens (primary N) is 1. The van der Waals surface area contributed by atoms with E-state index in [4.69, 9.17) is 10.5 Å². The van der Waals surface area contributed by atoms with E-state index < -0.39 is 0 Å². The summed E-state index contributed by atoms with van der Waals surface area (Å²) in [5.74, 6) is -0.0477. The molecular weight excluding hydrogens is 249 g/mol. The van der Waals surface area contributed by atoms with E-state index in [-0.39, 0.29) is 24.5 Å². The predicted octanol–water partition coefficient (Wildman–Crippen LogP) is 0.898. The van der Waals surface area contributed by atoms with Gasteiger partial charge in [0.25, 0.3) is 5.56 Å². The molecule has 2 rings (SSSR count). The van der Waals surface area contributed by atoms with Gasteiger partial charge in [0.1, 0.15) is 5.82 Å². The first kappa shape index (κ1) is 13.2. The van der Waals surface area contributed by atoms with Gasteiger partial charge in [-0.05, 0) is 23.3 Å². The minimum absolute atomic E-state index is 0.153. The average Bonchev–Trinajstić information content (AvgIpc) is 2.41. The molecule has 1 heterocycles. The van der Waals surface area contributed by atoms with Crippen molar-refractivity contribution >= 4 is 0 Å². The van der Waals surface area contributed by atoms with Crippen molar-refractivity contribution in [3.8, 4) is 5.88 Å². The maximum atomic E-state index is 13.3. The van der Waals surface area contributed by atoms with Crippen molar-refractivity contribution in [2.45, 2.75) is 13.1 Å². The van der Waals surface area contributed by atoms with Gasteiger partial charge in [0.15, 0.2) is 0 Å². The van der Waals surface area contributed by atoms with E-state index >= 15 is 0 Å². The lowest BCUT2D eigenvalue weighted by Crippen LogP contribution is -2.23. The van der Waals surface area contributed by atoms with E-state index in [9.17, 15) is 9.18 Å². The Bertz CT molecular complexity index is 640. The zero-order valence-electron chi connectivity index (χ0n) is 10.5. The average molecular weight is 263 g/mol. The summed E-state index contributed by atoms with van der Waals surface area (Å²) in [6.45, 7) is 0.425. The molecule has 0 amide bonds. The molecule has 0 fully saturated rings. The topological polar surface area (TPSA) is 70.1 Å². The quantitative estimate of drug-likeness (QED) is 0.889. The maximum Gasteiger partial charge on any atom is 0.267 e. The van der Waals surface area contributed by atoms with Crippen molar-refractivity contribution in [3.63, 3.8) is 0 Å². The van der Waals surface area contributed by atoms with Crippen LogP contribution in [0.3, 0.4) is 0 Å². The van der Waals surface area contributed by atoms with Crippen LogP contribution in [0.15, 0.2) is 35.1 Å². The van der Waals surface area contributed by atoms with Crippen LogP contribution in [0, 0.1) is 5.82 Å². The van der Waals surface area contributed by atoms with Crippen molar-refractivity contribution in [2.24, 2.45) is 5.73 Å². The third-order valence-electron chi connectivity index (χ3n) is 2.76. The lowest BCUT2D eigenvalue weighted by molar-refractivity contribution is 0.378. The van der Waals surface area contributed by atoms with Crippen LogP contribution in [0.25, 0.3) is 0 Å². The van der Waals surface area contributed by atoms with E-state index in [0.717, 1.165) is 5.56 Å². The van der Waals surface area contributed by atoms with E-state index in [1.807, 2.05) is 0 Å². The summed E-state index contributed by atoms with van der Waals surface area (Å²) in [6, 6.07) is 7.14. The first-order valence-electron chi connectivity index (χ1n) is 5.73. The number of aromatic nitrogens is 2. The molecule has 2 aromatic rings. The number of halogens is 1. The summed E-state index contributed by atoms with van der Waals surface area (Å²) in [7, 11) is 1.46. The molecule has 6 heteroatoms. The van der Waals surface area contributed by atoms with Gasteiger partial charge in [0, 0.05) is 18.7 Å². The summed E-state index contributed by atoms with van der Waals surface area (Å²) in [5, 5.41) is 4.01. The SMILES string of the molecule is COc1ccc(=O)n(Cc2cc(F)ccc2CN)n1. The fourth-order valence-electron chi connectivity index (χ4n) is 1.75. The Balaban J connectivity index is 2.40. The molecule has 0 radical (unpaired) electrons. The molecule has 2 N–H and O–H groups in total. The van der Waals surface area contributed by atoms with Crippen molar-refractivity contribution in [1.82, 2.24) is 9.78 Å². The third-order valence-corrected chi connectivity index (χ3v) is 2.76. The van der Waals surface area contributed by atoms with Crippen molar-refractivity contribution < 1.29 is 9.13 Å². The summed E-state index contributed by atoms with van der Waals surface area (Å²) in [5.41, 5.74) is 6.72. The molecule has 0 saturated heterocycles. The molecule has 1 aromatic heterocycles. The molecule has 0 bridgehead atoms. The number of benzene rings is 1. The Morgan fingerprint density at radius 2 is 2.11 bits per heavy atom. The van der Waals surface area contributed by atoms with E-state index in [0.29, 0.717) is 11.4 Å². The molecular formula is C13H14FN3O2. The molecule has 5 nitrogen and oxygen atoms in total. The number of hydrogen-bond acceptors (Lipinski definition) is 4. The molecule has 0 spiro atoms. The summed E-state index contributed by atoms with van der Waals surface area (Å²) in [6.07, 6.45) is 0. The number of nitrogens with zero attached hydrogens (tertiary/aromatic N) is 2. The lowest BCUT2D eigenvalue weighted by Gasteiger charge is -2.10. The zero-order chi connectivity index (χ0) is 13.8. The van der Waals surface area contributed by atoms with Crippen molar-refractivity contribution in [1.29, 1.82) is 0 Å². The molecule has 1 aromatic carbocycles. The lowest BCUT2D eigenvalue weighted by atomic mass is 10.1. The van der Waals surface area contributed by atoms with Crippen LogP contribution in [0.5, 0.6) is 5.88 Å². The number of ether oxygens (including phenoxy) is 1. The third kappa shape index (κ3) is 2.97. The van der Waals surface area contributed by atoms with Gasteiger partial charge in [-0.3, -0.25) is 4.79 Å².